The smallest absolute Gasteiger partial charge is 0.295 e. The van der Waals surface area contributed by atoms with E-state index in [1.54, 1.807) is 55.5 Å². The molecule has 33 heavy (non-hydrogen) atoms. The fraction of sp³-hybridized carbons (Fsp3) is 0.385. The summed E-state index contributed by atoms with van der Waals surface area (Å²) in [6, 6.07) is 13.3. The Balaban J connectivity index is 2.01. The van der Waals surface area contributed by atoms with Gasteiger partial charge in [-0.3, -0.25) is 9.59 Å². The van der Waals surface area contributed by atoms with Crippen molar-refractivity contribution in [3.63, 3.8) is 0 Å². The van der Waals surface area contributed by atoms with Crippen LogP contribution in [0.3, 0.4) is 0 Å². The number of hydrogen-bond acceptors (Lipinski definition) is 6. The summed E-state index contributed by atoms with van der Waals surface area (Å²) in [6.07, 6.45) is 0.726. The minimum atomic E-state index is -0.674. The fourth-order valence-corrected chi connectivity index (χ4v) is 4.15. The number of ether oxygens (including phenoxy) is 2. The first-order chi connectivity index (χ1) is 15.9. The van der Waals surface area contributed by atoms with E-state index in [1.165, 1.54) is 0 Å². The van der Waals surface area contributed by atoms with Crippen LogP contribution in [0.5, 0.6) is 11.5 Å². The van der Waals surface area contributed by atoms with Crippen LogP contribution in [0.2, 0.25) is 0 Å². The highest BCUT2D eigenvalue weighted by atomic mass is 16.5. The molecule has 0 spiro atoms. The predicted octanol–water partition coefficient (Wildman–Crippen LogP) is 3.86. The summed E-state index contributed by atoms with van der Waals surface area (Å²) in [5, 5.41) is 11.1. The first kappa shape index (κ1) is 24.3. The summed E-state index contributed by atoms with van der Waals surface area (Å²) >= 11 is 0. The van der Waals surface area contributed by atoms with Crippen molar-refractivity contribution in [1.29, 1.82) is 0 Å². The van der Waals surface area contributed by atoms with Gasteiger partial charge in [0.15, 0.2) is 0 Å². The van der Waals surface area contributed by atoms with Gasteiger partial charge in [-0.15, -0.1) is 0 Å². The van der Waals surface area contributed by atoms with Crippen LogP contribution in [0.1, 0.15) is 37.4 Å². The maximum atomic E-state index is 13.1. The molecule has 1 aliphatic heterocycles. The van der Waals surface area contributed by atoms with Crippen LogP contribution in [0, 0.1) is 0 Å². The number of benzene rings is 2. The van der Waals surface area contributed by atoms with Crippen molar-refractivity contribution in [3.05, 3.63) is 65.2 Å². The van der Waals surface area contributed by atoms with Gasteiger partial charge in [0, 0.05) is 12.1 Å². The number of methoxy groups -OCH3 is 2. The second-order valence-electron chi connectivity index (χ2n) is 7.87. The molecule has 7 heteroatoms. The number of rotatable bonds is 10. The van der Waals surface area contributed by atoms with Crippen molar-refractivity contribution in [3.8, 4) is 11.5 Å². The van der Waals surface area contributed by atoms with Crippen LogP contribution in [0.15, 0.2) is 54.1 Å². The van der Waals surface area contributed by atoms with Gasteiger partial charge in [0.1, 0.15) is 17.3 Å². The molecule has 1 saturated heterocycles. The average molecular weight is 453 g/mol. The van der Waals surface area contributed by atoms with E-state index in [0.29, 0.717) is 23.6 Å². The lowest BCUT2D eigenvalue weighted by atomic mass is 9.95. The Morgan fingerprint density at radius 1 is 0.939 bits per heavy atom. The maximum absolute atomic E-state index is 13.1. The average Bonchev–Trinajstić information content (AvgIpc) is 3.11. The Kier molecular flexibility index (Phi) is 8.11. The van der Waals surface area contributed by atoms with E-state index >= 15 is 0 Å². The lowest BCUT2D eigenvalue weighted by molar-refractivity contribution is -0.140. The molecule has 1 heterocycles. The van der Waals surface area contributed by atoms with Gasteiger partial charge >= 0.3 is 0 Å². The quantitative estimate of drug-likeness (QED) is 0.335. The highest BCUT2D eigenvalue weighted by Gasteiger charge is 2.45. The third-order valence-electron chi connectivity index (χ3n) is 6.10. The van der Waals surface area contributed by atoms with Crippen LogP contribution in [-0.4, -0.2) is 67.0 Å². The molecule has 1 amide bonds. The number of hydrogen-bond donors (Lipinski definition) is 1. The number of nitrogens with zero attached hydrogens (tertiary/aromatic N) is 2. The summed E-state index contributed by atoms with van der Waals surface area (Å²) in [7, 11) is 3.14. The molecular weight excluding hydrogens is 420 g/mol. The van der Waals surface area contributed by atoms with E-state index in [2.05, 4.69) is 18.7 Å². The van der Waals surface area contributed by atoms with Crippen molar-refractivity contribution in [2.75, 3.05) is 40.4 Å². The number of likely N-dealkylation sites (tertiary alicyclic amines) is 1. The van der Waals surface area contributed by atoms with Gasteiger partial charge in [0.05, 0.1) is 25.8 Å². The van der Waals surface area contributed by atoms with Gasteiger partial charge in [0.2, 0.25) is 0 Å². The van der Waals surface area contributed by atoms with Gasteiger partial charge in [-0.2, -0.15) is 0 Å². The molecule has 2 aromatic rings. The first-order valence-corrected chi connectivity index (χ1v) is 11.2. The van der Waals surface area contributed by atoms with Crippen LogP contribution in [-0.2, 0) is 9.59 Å². The van der Waals surface area contributed by atoms with Crippen LogP contribution < -0.4 is 9.47 Å². The van der Waals surface area contributed by atoms with E-state index < -0.39 is 17.7 Å². The zero-order valence-electron chi connectivity index (χ0n) is 19.7. The number of carbonyl (C=O) groups excluding carboxylic acids is 2. The minimum Gasteiger partial charge on any atom is -0.507 e. The highest BCUT2D eigenvalue weighted by molar-refractivity contribution is 6.46. The lowest BCUT2D eigenvalue weighted by Crippen LogP contribution is -2.33. The summed E-state index contributed by atoms with van der Waals surface area (Å²) in [5.74, 6) is -0.150. The number of aliphatic hydroxyl groups excluding tert-OH is 1. The van der Waals surface area contributed by atoms with Crippen LogP contribution >= 0.6 is 0 Å². The second-order valence-corrected chi connectivity index (χ2v) is 7.87. The summed E-state index contributed by atoms with van der Waals surface area (Å²) in [4.78, 5) is 30.0. The number of ketones is 1. The predicted molar refractivity (Wildman–Crippen MR) is 127 cm³/mol. The molecule has 1 N–H and O–H groups in total. The molecule has 176 valence electrons. The van der Waals surface area contributed by atoms with Gasteiger partial charge in [-0.1, -0.05) is 26.0 Å². The monoisotopic (exact) mass is 452 g/mol. The van der Waals surface area contributed by atoms with Crippen molar-refractivity contribution >= 4 is 17.4 Å². The molecule has 0 aliphatic carbocycles. The molecule has 3 rings (SSSR count). The van der Waals surface area contributed by atoms with Gasteiger partial charge < -0.3 is 24.4 Å². The number of aliphatic hydroxyl groups is 1. The Labute approximate surface area is 195 Å². The van der Waals surface area contributed by atoms with Gasteiger partial charge in [0.25, 0.3) is 11.7 Å². The summed E-state index contributed by atoms with van der Waals surface area (Å²) in [6.45, 7) is 7.29. The maximum Gasteiger partial charge on any atom is 0.295 e. The van der Waals surface area contributed by atoms with Crippen LogP contribution in [0.4, 0.5) is 0 Å². The topological polar surface area (TPSA) is 79.3 Å². The summed E-state index contributed by atoms with van der Waals surface area (Å²) < 4.78 is 10.4. The Bertz CT molecular complexity index is 994. The SMILES string of the molecule is CCN(CC)CCCN1C(=O)C(=O)/C(=C(/O)c2ccc(OC)cc2)[C@@H]1c1ccc(OC)cc1. The third-order valence-corrected chi connectivity index (χ3v) is 6.10. The van der Waals surface area contributed by atoms with Crippen molar-refractivity contribution in [2.45, 2.75) is 26.3 Å². The molecule has 0 saturated carbocycles. The van der Waals surface area contributed by atoms with E-state index in [0.717, 1.165) is 31.6 Å². The Morgan fingerprint density at radius 2 is 1.48 bits per heavy atom. The van der Waals surface area contributed by atoms with Gasteiger partial charge in [-0.25, -0.2) is 0 Å². The molecular formula is C26H32N2O5. The van der Waals surface area contributed by atoms with E-state index in [9.17, 15) is 14.7 Å². The second kappa shape index (κ2) is 11.0. The largest absolute Gasteiger partial charge is 0.507 e. The molecule has 1 fully saturated rings. The van der Waals surface area contributed by atoms with Gasteiger partial charge in [-0.05, 0) is 68.0 Å². The first-order valence-electron chi connectivity index (χ1n) is 11.2. The normalized spacial score (nSPS) is 17.6. The van der Waals surface area contributed by atoms with Crippen LogP contribution in [0.25, 0.3) is 5.76 Å². The Hall–Kier alpha value is -3.32. The molecule has 7 nitrogen and oxygen atoms in total. The molecule has 0 aromatic heterocycles. The molecule has 2 aromatic carbocycles. The highest BCUT2D eigenvalue weighted by Crippen LogP contribution is 2.40. The number of carbonyl (C=O) groups is 2. The minimum absolute atomic E-state index is 0.0955. The molecule has 0 radical (unpaired) electrons. The lowest BCUT2D eigenvalue weighted by Gasteiger charge is -2.27. The third kappa shape index (κ3) is 5.20. The van der Waals surface area contributed by atoms with E-state index in [4.69, 9.17) is 9.47 Å². The van der Waals surface area contributed by atoms with Crippen molar-refractivity contribution in [1.82, 2.24) is 9.80 Å². The number of amides is 1. The van der Waals surface area contributed by atoms with E-state index in [1.807, 2.05) is 12.1 Å². The molecule has 1 atom stereocenters. The molecule has 0 unspecified atom stereocenters. The van der Waals surface area contributed by atoms with Crippen molar-refractivity contribution < 1.29 is 24.2 Å². The summed E-state index contributed by atoms with van der Waals surface area (Å²) in [5.41, 5.74) is 1.29. The zero-order valence-corrected chi connectivity index (χ0v) is 19.7. The molecule has 0 bridgehead atoms. The zero-order chi connectivity index (χ0) is 24.0. The van der Waals surface area contributed by atoms with E-state index in [-0.39, 0.29) is 11.3 Å². The van der Waals surface area contributed by atoms with Crippen molar-refractivity contribution in [2.24, 2.45) is 0 Å². The Morgan fingerprint density at radius 3 is 2.00 bits per heavy atom. The number of Topliss-reactive ketones (excluding diaryl/α,β-unsaturated/α-hetero) is 1. The fourth-order valence-electron chi connectivity index (χ4n) is 4.15. The standard InChI is InChI=1S/C26H32N2O5/c1-5-27(6-2)16-7-17-28-23(18-8-12-20(32-3)13-9-18)22(25(30)26(28)31)24(29)19-10-14-21(33-4)15-11-19/h8-15,23,29H,5-7,16-17H2,1-4H3/b24-22+/t23-/m0/s1. The molecule has 1 aliphatic rings.